The molecule has 0 spiro atoms. The van der Waals surface area contributed by atoms with Crippen LogP contribution < -0.4 is 11.1 Å². The van der Waals surface area contributed by atoms with Gasteiger partial charge < -0.3 is 11.1 Å². The van der Waals surface area contributed by atoms with Gasteiger partial charge in [-0.05, 0) is 24.6 Å². The van der Waals surface area contributed by atoms with Crippen molar-refractivity contribution in [2.24, 2.45) is 0 Å². The number of H-pyrrole nitrogens is 1. The highest BCUT2D eigenvalue weighted by molar-refractivity contribution is 5.42. The van der Waals surface area contributed by atoms with Crippen molar-refractivity contribution in [2.75, 3.05) is 11.1 Å². The van der Waals surface area contributed by atoms with Crippen LogP contribution in [-0.4, -0.2) is 15.2 Å². The minimum absolute atomic E-state index is 0.593. The largest absolute Gasteiger partial charge is 0.384 e. The van der Waals surface area contributed by atoms with Crippen LogP contribution in [0.4, 0.5) is 11.6 Å². The zero-order valence-electron chi connectivity index (χ0n) is 8.49. The van der Waals surface area contributed by atoms with E-state index < -0.39 is 0 Å². The van der Waals surface area contributed by atoms with Crippen molar-refractivity contribution in [1.82, 2.24) is 15.2 Å². The maximum absolute atomic E-state index is 5.66. The fourth-order valence-corrected chi connectivity index (χ4v) is 1.28. The highest BCUT2D eigenvalue weighted by Gasteiger charge is 2.00. The van der Waals surface area contributed by atoms with Crippen LogP contribution in [0.15, 0.2) is 24.5 Å². The molecule has 2 heterocycles. The van der Waals surface area contributed by atoms with Gasteiger partial charge in [0.15, 0.2) is 0 Å². The summed E-state index contributed by atoms with van der Waals surface area (Å²) in [5.41, 5.74) is 7.77. The van der Waals surface area contributed by atoms with Gasteiger partial charge in [0, 0.05) is 18.3 Å². The van der Waals surface area contributed by atoms with E-state index >= 15 is 0 Å². The molecule has 5 nitrogen and oxygen atoms in total. The van der Waals surface area contributed by atoms with E-state index in [-0.39, 0.29) is 0 Å². The van der Waals surface area contributed by atoms with Gasteiger partial charge in [-0.1, -0.05) is 0 Å². The van der Waals surface area contributed by atoms with Crippen LogP contribution in [0.1, 0.15) is 11.1 Å². The summed E-state index contributed by atoms with van der Waals surface area (Å²) in [7, 11) is 0. The Bertz CT molecular complexity index is 449. The molecule has 0 aliphatic heterocycles. The van der Waals surface area contributed by atoms with Gasteiger partial charge in [-0.15, -0.1) is 0 Å². The number of hydrogen-bond donors (Lipinski definition) is 3. The molecule has 0 aliphatic rings. The lowest BCUT2D eigenvalue weighted by Gasteiger charge is -2.04. The molecule has 0 bridgehead atoms. The zero-order valence-corrected chi connectivity index (χ0v) is 8.49. The second kappa shape index (κ2) is 4.00. The molecule has 0 fully saturated rings. The number of nitrogens with zero attached hydrogens (tertiary/aromatic N) is 2. The Kier molecular flexibility index (Phi) is 2.53. The normalized spacial score (nSPS) is 10.2. The number of aromatic amines is 1. The van der Waals surface area contributed by atoms with E-state index in [4.69, 9.17) is 5.73 Å². The van der Waals surface area contributed by atoms with Gasteiger partial charge in [0.2, 0.25) is 0 Å². The van der Waals surface area contributed by atoms with E-state index in [1.54, 1.807) is 12.4 Å². The summed E-state index contributed by atoms with van der Waals surface area (Å²) >= 11 is 0. The molecule has 0 saturated carbocycles. The number of aromatic nitrogens is 3. The third-order valence-corrected chi connectivity index (χ3v) is 2.13. The number of anilines is 2. The highest BCUT2D eigenvalue weighted by atomic mass is 15.1. The van der Waals surface area contributed by atoms with E-state index in [0.717, 1.165) is 11.4 Å². The summed E-state index contributed by atoms with van der Waals surface area (Å²) in [5.74, 6) is 1.44. The third kappa shape index (κ3) is 2.25. The second-order valence-corrected chi connectivity index (χ2v) is 3.38. The van der Waals surface area contributed by atoms with Gasteiger partial charge in [0.25, 0.3) is 0 Å². The standard InChI is InChI=1S/C10H13N5/c1-7-2-3-12-9(4-7)13-5-8-6-14-15-10(8)11/h2-4,6H,5H2,1H3,(H,12,13)(H3,11,14,15). The molecule has 2 aromatic heterocycles. The van der Waals surface area contributed by atoms with Crippen molar-refractivity contribution in [1.29, 1.82) is 0 Å². The van der Waals surface area contributed by atoms with Crippen molar-refractivity contribution < 1.29 is 0 Å². The van der Waals surface area contributed by atoms with Crippen molar-refractivity contribution in [3.05, 3.63) is 35.7 Å². The van der Waals surface area contributed by atoms with Crippen LogP contribution in [0, 0.1) is 6.92 Å². The summed E-state index contributed by atoms with van der Waals surface area (Å²) in [6, 6.07) is 3.94. The van der Waals surface area contributed by atoms with Crippen LogP contribution >= 0.6 is 0 Å². The molecule has 0 unspecified atom stereocenters. The molecule has 2 aromatic rings. The van der Waals surface area contributed by atoms with Gasteiger partial charge in [-0.25, -0.2) is 4.98 Å². The summed E-state index contributed by atoms with van der Waals surface area (Å²) in [6.45, 7) is 2.65. The predicted octanol–water partition coefficient (Wildman–Crippen LogP) is 1.31. The third-order valence-electron chi connectivity index (χ3n) is 2.13. The topological polar surface area (TPSA) is 79.6 Å². The molecule has 2 rings (SSSR count). The smallest absolute Gasteiger partial charge is 0.126 e. The first kappa shape index (κ1) is 9.51. The molecule has 0 saturated heterocycles. The summed E-state index contributed by atoms with van der Waals surface area (Å²) in [6.07, 6.45) is 3.48. The number of nitrogen functional groups attached to an aromatic ring is 1. The number of nitrogens with two attached hydrogens (primary N) is 1. The first-order valence-electron chi connectivity index (χ1n) is 4.70. The fourth-order valence-electron chi connectivity index (χ4n) is 1.28. The SMILES string of the molecule is Cc1ccnc(NCc2cn[nH]c2N)c1. The molecule has 0 atom stereocenters. The van der Waals surface area contributed by atoms with E-state index in [2.05, 4.69) is 20.5 Å². The van der Waals surface area contributed by atoms with E-state index in [0.29, 0.717) is 12.4 Å². The molecule has 5 heteroatoms. The van der Waals surface area contributed by atoms with Crippen LogP contribution in [0.25, 0.3) is 0 Å². The van der Waals surface area contributed by atoms with Gasteiger partial charge in [-0.3, -0.25) is 5.10 Å². The molecule has 0 aliphatic carbocycles. The fraction of sp³-hybridized carbons (Fsp3) is 0.200. The quantitative estimate of drug-likeness (QED) is 0.702. The molecule has 0 radical (unpaired) electrons. The van der Waals surface area contributed by atoms with Crippen LogP contribution in [-0.2, 0) is 6.54 Å². The summed E-state index contributed by atoms with van der Waals surface area (Å²) < 4.78 is 0. The maximum Gasteiger partial charge on any atom is 0.126 e. The predicted molar refractivity (Wildman–Crippen MR) is 59.3 cm³/mol. The highest BCUT2D eigenvalue weighted by Crippen LogP contribution is 2.10. The van der Waals surface area contributed by atoms with E-state index in [1.165, 1.54) is 5.56 Å². The van der Waals surface area contributed by atoms with Gasteiger partial charge in [-0.2, -0.15) is 5.10 Å². The Hall–Kier alpha value is -2.04. The van der Waals surface area contributed by atoms with Gasteiger partial charge in [0.1, 0.15) is 11.6 Å². The Morgan fingerprint density at radius 2 is 2.40 bits per heavy atom. The lowest BCUT2D eigenvalue weighted by Crippen LogP contribution is -2.02. The van der Waals surface area contributed by atoms with Crippen LogP contribution in [0.2, 0.25) is 0 Å². The Morgan fingerprint density at radius 1 is 1.53 bits per heavy atom. The van der Waals surface area contributed by atoms with Crippen LogP contribution in [0.3, 0.4) is 0 Å². The minimum atomic E-state index is 0.593. The Morgan fingerprint density at radius 3 is 3.07 bits per heavy atom. The minimum Gasteiger partial charge on any atom is -0.384 e. The first-order chi connectivity index (χ1) is 7.25. The number of hydrogen-bond acceptors (Lipinski definition) is 4. The first-order valence-corrected chi connectivity index (χ1v) is 4.70. The van der Waals surface area contributed by atoms with Crippen molar-refractivity contribution in [3.63, 3.8) is 0 Å². The van der Waals surface area contributed by atoms with Crippen LogP contribution in [0.5, 0.6) is 0 Å². The second-order valence-electron chi connectivity index (χ2n) is 3.38. The lowest BCUT2D eigenvalue weighted by molar-refractivity contribution is 1.10. The monoisotopic (exact) mass is 203 g/mol. The number of aryl methyl sites for hydroxylation is 1. The summed E-state index contributed by atoms with van der Waals surface area (Å²) in [5, 5.41) is 9.70. The molecular formula is C10H13N5. The molecule has 4 N–H and O–H groups in total. The maximum atomic E-state index is 5.66. The van der Waals surface area contributed by atoms with Crippen molar-refractivity contribution in [3.8, 4) is 0 Å². The Labute approximate surface area is 87.7 Å². The number of rotatable bonds is 3. The van der Waals surface area contributed by atoms with Crippen molar-refractivity contribution in [2.45, 2.75) is 13.5 Å². The van der Waals surface area contributed by atoms with Gasteiger partial charge in [0.05, 0.1) is 6.20 Å². The number of nitrogens with one attached hydrogen (secondary N) is 2. The average Bonchev–Trinajstić information content (AvgIpc) is 2.61. The summed E-state index contributed by atoms with van der Waals surface area (Å²) in [4.78, 5) is 4.19. The van der Waals surface area contributed by atoms with Crippen molar-refractivity contribution >= 4 is 11.6 Å². The molecule has 78 valence electrons. The number of pyridine rings is 1. The molecule has 15 heavy (non-hydrogen) atoms. The van der Waals surface area contributed by atoms with Gasteiger partial charge >= 0.3 is 0 Å². The molecular weight excluding hydrogens is 190 g/mol. The zero-order chi connectivity index (χ0) is 10.7. The lowest BCUT2D eigenvalue weighted by atomic mass is 10.3. The average molecular weight is 203 g/mol. The molecule has 0 amide bonds. The van der Waals surface area contributed by atoms with E-state index in [9.17, 15) is 0 Å². The van der Waals surface area contributed by atoms with E-state index in [1.807, 2.05) is 19.1 Å². The Balaban J connectivity index is 2.02. The molecule has 0 aromatic carbocycles.